The molecule has 0 fully saturated rings. The number of aryl methyl sites for hydroxylation is 1. The van der Waals surface area contributed by atoms with Crippen LogP contribution in [0.3, 0.4) is 0 Å². The molecule has 0 bridgehead atoms. The van der Waals surface area contributed by atoms with E-state index in [1.807, 2.05) is 33.0 Å². The van der Waals surface area contributed by atoms with Crippen LogP contribution in [0.5, 0.6) is 5.75 Å². The molecule has 1 aliphatic heterocycles. The first kappa shape index (κ1) is 14.6. The number of rotatable bonds is 1. The predicted octanol–water partition coefficient (Wildman–Crippen LogP) is 2.84. The third kappa shape index (κ3) is 3.77. The lowest BCUT2D eigenvalue weighted by atomic mass is 10.1. The quantitative estimate of drug-likeness (QED) is 0.626. The average Bonchev–Trinajstić information content (AvgIpc) is 2.38. The van der Waals surface area contributed by atoms with E-state index in [1.54, 1.807) is 6.92 Å². The molecule has 1 aromatic rings. The van der Waals surface area contributed by atoms with E-state index >= 15 is 0 Å². The first-order valence-electron chi connectivity index (χ1n) is 6.10. The van der Waals surface area contributed by atoms with Gasteiger partial charge in [0.2, 0.25) is 0 Å². The van der Waals surface area contributed by atoms with Crippen molar-refractivity contribution in [1.82, 2.24) is 10.4 Å². The Hall–Kier alpha value is -1.49. The molecule has 0 amide bonds. The number of hydrogen-bond donors (Lipinski definition) is 1. The fourth-order valence-electron chi connectivity index (χ4n) is 1.50. The van der Waals surface area contributed by atoms with E-state index in [1.165, 1.54) is 0 Å². The van der Waals surface area contributed by atoms with Crippen molar-refractivity contribution in [2.24, 2.45) is 5.10 Å². The SMILES string of the molecule is CC.CC(=S)N/N=C1/CCOc2cc(C)cnc21. The summed E-state index contributed by atoms with van der Waals surface area (Å²) in [5, 5.41) is 4.24. The van der Waals surface area contributed by atoms with Gasteiger partial charge in [0, 0.05) is 12.6 Å². The lowest BCUT2D eigenvalue weighted by Crippen LogP contribution is -2.22. The number of nitrogens with zero attached hydrogens (tertiary/aromatic N) is 2. The van der Waals surface area contributed by atoms with Gasteiger partial charge in [-0.3, -0.25) is 10.4 Å². The number of hydrazone groups is 1. The molecule has 0 atom stereocenters. The molecule has 4 nitrogen and oxygen atoms in total. The first-order valence-corrected chi connectivity index (χ1v) is 6.50. The smallest absolute Gasteiger partial charge is 0.147 e. The maximum Gasteiger partial charge on any atom is 0.147 e. The normalized spacial score (nSPS) is 15.0. The Morgan fingerprint density at radius 1 is 1.50 bits per heavy atom. The fourth-order valence-corrected chi connectivity index (χ4v) is 1.55. The Morgan fingerprint density at radius 3 is 2.89 bits per heavy atom. The van der Waals surface area contributed by atoms with E-state index in [0.29, 0.717) is 11.6 Å². The van der Waals surface area contributed by atoms with Gasteiger partial charge in [-0.2, -0.15) is 5.10 Å². The van der Waals surface area contributed by atoms with Crippen LogP contribution in [0.1, 0.15) is 38.4 Å². The summed E-state index contributed by atoms with van der Waals surface area (Å²) in [6.07, 6.45) is 2.56. The molecular weight excluding hydrogens is 246 g/mol. The Morgan fingerprint density at radius 2 is 2.22 bits per heavy atom. The number of ether oxygens (including phenoxy) is 1. The highest BCUT2D eigenvalue weighted by atomic mass is 32.1. The third-order valence-electron chi connectivity index (χ3n) is 2.21. The molecular formula is C13H19N3OS. The van der Waals surface area contributed by atoms with Crippen molar-refractivity contribution in [2.75, 3.05) is 6.61 Å². The van der Waals surface area contributed by atoms with Crippen LogP contribution in [0, 0.1) is 6.92 Å². The molecule has 1 aliphatic rings. The zero-order chi connectivity index (χ0) is 13.5. The van der Waals surface area contributed by atoms with Gasteiger partial charge in [0.25, 0.3) is 0 Å². The fraction of sp³-hybridized carbons (Fsp3) is 0.462. The van der Waals surface area contributed by atoms with E-state index in [0.717, 1.165) is 29.1 Å². The average molecular weight is 265 g/mol. The summed E-state index contributed by atoms with van der Waals surface area (Å²) in [7, 11) is 0. The van der Waals surface area contributed by atoms with Crippen LogP contribution in [-0.2, 0) is 0 Å². The molecule has 2 rings (SSSR count). The maximum atomic E-state index is 5.54. The molecule has 0 unspecified atom stereocenters. The van der Waals surface area contributed by atoms with Crippen molar-refractivity contribution in [3.05, 3.63) is 23.5 Å². The van der Waals surface area contributed by atoms with Crippen LogP contribution in [0.2, 0.25) is 0 Å². The zero-order valence-corrected chi connectivity index (χ0v) is 12.1. The molecule has 2 heterocycles. The molecule has 0 aromatic carbocycles. The minimum atomic E-state index is 0.634. The van der Waals surface area contributed by atoms with Gasteiger partial charge in [-0.05, 0) is 25.5 Å². The van der Waals surface area contributed by atoms with Gasteiger partial charge in [0.1, 0.15) is 11.4 Å². The maximum absolute atomic E-state index is 5.54. The highest BCUT2D eigenvalue weighted by Crippen LogP contribution is 2.23. The van der Waals surface area contributed by atoms with E-state index in [9.17, 15) is 0 Å². The van der Waals surface area contributed by atoms with Crippen molar-refractivity contribution < 1.29 is 4.74 Å². The second-order valence-electron chi connectivity index (χ2n) is 3.68. The summed E-state index contributed by atoms with van der Waals surface area (Å²) in [5.41, 5.74) is 5.58. The number of aromatic nitrogens is 1. The molecule has 0 spiro atoms. The highest BCUT2D eigenvalue weighted by molar-refractivity contribution is 7.80. The molecule has 0 aliphatic carbocycles. The van der Waals surface area contributed by atoms with E-state index < -0.39 is 0 Å². The van der Waals surface area contributed by atoms with Gasteiger partial charge in [-0.15, -0.1) is 0 Å². The monoisotopic (exact) mass is 265 g/mol. The number of fused-ring (bicyclic) bond motifs is 1. The van der Waals surface area contributed by atoms with Crippen LogP contribution in [0.4, 0.5) is 0 Å². The van der Waals surface area contributed by atoms with Gasteiger partial charge < -0.3 is 4.74 Å². The second kappa shape index (κ2) is 7.06. The molecule has 0 radical (unpaired) electrons. The minimum absolute atomic E-state index is 0.634. The number of nitrogens with one attached hydrogen (secondary N) is 1. The summed E-state index contributed by atoms with van der Waals surface area (Å²) in [6.45, 7) is 8.42. The number of hydrogen-bond acceptors (Lipinski definition) is 4. The van der Waals surface area contributed by atoms with E-state index in [2.05, 4.69) is 15.5 Å². The van der Waals surface area contributed by atoms with Crippen molar-refractivity contribution in [1.29, 1.82) is 0 Å². The Bertz CT molecular complexity index is 458. The molecule has 1 aromatic heterocycles. The first-order chi connectivity index (χ1) is 8.66. The minimum Gasteiger partial charge on any atom is -0.491 e. The van der Waals surface area contributed by atoms with E-state index in [4.69, 9.17) is 17.0 Å². The van der Waals surface area contributed by atoms with Crippen LogP contribution >= 0.6 is 12.2 Å². The largest absolute Gasteiger partial charge is 0.491 e. The van der Waals surface area contributed by atoms with Gasteiger partial charge in [-0.1, -0.05) is 26.1 Å². The van der Waals surface area contributed by atoms with Gasteiger partial charge in [0.05, 0.1) is 17.3 Å². The standard InChI is InChI=1S/C11H13N3OS.C2H6/c1-7-5-10-11(12-6-7)9(3-4-15-10)14-13-8(2)16;1-2/h5-6H,3-4H2,1-2H3,(H,13,16);1-2H3/b14-9-;. The lowest BCUT2D eigenvalue weighted by molar-refractivity contribution is 0.318. The lowest BCUT2D eigenvalue weighted by Gasteiger charge is -2.18. The molecule has 98 valence electrons. The third-order valence-corrected chi connectivity index (χ3v) is 2.30. The summed E-state index contributed by atoms with van der Waals surface area (Å²) >= 11 is 4.91. The van der Waals surface area contributed by atoms with Crippen molar-refractivity contribution >= 4 is 22.9 Å². The van der Waals surface area contributed by atoms with Crippen LogP contribution in [-0.4, -0.2) is 22.3 Å². The van der Waals surface area contributed by atoms with E-state index in [-0.39, 0.29) is 0 Å². The predicted molar refractivity (Wildman–Crippen MR) is 78.4 cm³/mol. The Kier molecular flexibility index (Phi) is 5.71. The number of pyridine rings is 1. The molecule has 5 heteroatoms. The molecule has 1 N–H and O–H groups in total. The van der Waals surface area contributed by atoms with Gasteiger partial charge in [-0.25, -0.2) is 0 Å². The van der Waals surface area contributed by atoms with Crippen molar-refractivity contribution in [2.45, 2.75) is 34.1 Å². The summed E-state index contributed by atoms with van der Waals surface area (Å²) in [6, 6.07) is 1.97. The highest BCUT2D eigenvalue weighted by Gasteiger charge is 2.18. The van der Waals surface area contributed by atoms with Crippen LogP contribution < -0.4 is 10.2 Å². The zero-order valence-electron chi connectivity index (χ0n) is 11.3. The summed E-state index contributed by atoms with van der Waals surface area (Å²) in [5.74, 6) is 0.800. The van der Waals surface area contributed by atoms with Crippen LogP contribution in [0.25, 0.3) is 0 Å². The topological polar surface area (TPSA) is 46.5 Å². The summed E-state index contributed by atoms with van der Waals surface area (Å²) in [4.78, 5) is 4.99. The van der Waals surface area contributed by atoms with Gasteiger partial charge in [0.15, 0.2) is 0 Å². The van der Waals surface area contributed by atoms with Crippen molar-refractivity contribution in [3.63, 3.8) is 0 Å². The molecule has 0 saturated carbocycles. The molecule has 0 saturated heterocycles. The van der Waals surface area contributed by atoms with Crippen LogP contribution in [0.15, 0.2) is 17.4 Å². The summed E-state index contributed by atoms with van der Waals surface area (Å²) < 4.78 is 5.54. The molecule has 18 heavy (non-hydrogen) atoms. The Balaban J connectivity index is 0.000000771. The Labute approximate surface area is 113 Å². The number of thiocarbonyl (C=S) groups is 1. The van der Waals surface area contributed by atoms with Crippen molar-refractivity contribution in [3.8, 4) is 5.75 Å². The van der Waals surface area contributed by atoms with Gasteiger partial charge >= 0.3 is 0 Å². The second-order valence-corrected chi connectivity index (χ2v) is 4.30.